The molecular weight excluding hydrogens is 928 g/mol. The second-order valence-corrected chi connectivity index (χ2v) is 11.1. The van der Waals surface area contributed by atoms with E-state index in [0.29, 0.717) is 30.3 Å². The Labute approximate surface area is 324 Å². The number of aromatic carboxylic acids is 2. The highest BCUT2D eigenvalue weighted by molar-refractivity contribution is 9.10. The first-order chi connectivity index (χ1) is 26.9. The van der Waals surface area contributed by atoms with Crippen LogP contribution in [0.25, 0.3) is 0 Å². The molecule has 0 bridgehead atoms. The maximum Gasteiger partial charge on any atom is 0.573 e. The first-order valence-electron chi connectivity index (χ1n) is 14.4. The average Bonchev–Trinajstić information content (AvgIpc) is 3.06. The van der Waals surface area contributed by atoms with Crippen molar-refractivity contribution in [1.29, 1.82) is 0 Å². The van der Waals surface area contributed by atoms with Crippen LogP contribution in [0.1, 0.15) is 31.8 Å². The van der Waals surface area contributed by atoms with Crippen molar-refractivity contribution in [3.63, 3.8) is 0 Å². The SMILES string of the molecule is COc1c(O)ccc(OC(F)(F)F)c1F.COc1c(Oc2ccc(C(F)(F)F)c(F)c2C(=O)O)ccc(OC(F)(F)F)c1F.O=C(O)c1c(Br)ccc(C(F)(F)F)c1F. The molecule has 0 spiro atoms. The van der Waals surface area contributed by atoms with Crippen molar-refractivity contribution in [2.24, 2.45) is 0 Å². The van der Waals surface area contributed by atoms with Crippen molar-refractivity contribution in [2.45, 2.75) is 25.1 Å². The molecule has 10 nitrogen and oxygen atoms in total. The molecule has 4 aromatic carbocycles. The van der Waals surface area contributed by atoms with Gasteiger partial charge in [0.15, 0.2) is 40.4 Å². The number of carboxylic acid groups (broad SMARTS) is 2. The summed E-state index contributed by atoms with van der Waals surface area (Å²) in [4.78, 5) is 21.7. The molecule has 0 aliphatic heterocycles. The molecule has 4 rings (SSSR count). The zero-order valence-corrected chi connectivity index (χ0v) is 29.8. The normalized spacial score (nSPS) is 11.6. The van der Waals surface area contributed by atoms with E-state index in [2.05, 4.69) is 34.9 Å². The summed E-state index contributed by atoms with van der Waals surface area (Å²) in [6.45, 7) is 0. The quantitative estimate of drug-likeness (QED) is 0.146. The van der Waals surface area contributed by atoms with Crippen LogP contribution in [0.3, 0.4) is 0 Å². The minimum absolute atomic E-state index is 0.182. The van der Waals surface area contributed by atoms with Gasteiger partial charge >= 0.3 is 37.0 Å². The minimum atomic E-state index is -5.25. The molecule has 59 heavy (non-hydrogen) atoms. The van der Waals surface area contributed by atoms with Crippen molar-refractivity contribution in [3.05, 3.63) is 98.5 Å². The Morgan fingerprint density at radius 2 is 0.898 bits per heavy atom. The zero-order chi connectivity index (χ0) is 45.6. The number of halogens is 17. The zero-order valence-electron chi connectivity index (χ0n) is 28.2. The fraction of sp³-hybridized carbons (Fsp3) is 0.188. The third-order valence-electron chi connectivity index (χ3n) is 6.38. The number of aromatic hydroxyl groups is 1. The first kappa shape index (κ1) is 49.1. The number of phenolic OH excluding ortho intramolecular Hbond substituents is 1. The van der Waals surface area contributed by atoms with Gasteiger partial charge in [0.05, 0.1) is 25.3 Å². The second kappa shape index (κ2) is 18.7. The number of ether oxygens (including phenoxy) is 5. The van der Waals surface area contributed by atoms with Gasteiger partial charge in [-0.25, -0.2) is 18.4 Å². The van der Waals surface area contributed by atoms with Gasteiger partial charge in [-0.2, -0.15) is 35.1 Å². The molecule has 4 aromatic rings. The number of hydrogen-bond donors (Lipinski definition) is 3. The number of phenols is 1. The number of benzene rings is 4. The predicted octanol–water partition coefficient (Wildman–Crippen LogP) is 11.1. The highest BCUT2D eigenvalue weighted by atomic mass is 79.9. The standard InChI is InChI=1S/C16H8F8O5.C8H3BrF4O2.C8H6F4O3/c1-27-13-9(5-4-8(12(13)18)29-16(22,23)24)28-7-3-2-6(15(19,20)21)11(17)10(7)14(25)26;9-4-2-1-3(8(11,12)13)6(10)5(4)7(14)15;1-14-7-4(13)2-3-5(6(7)9)15-8(10,11)12/h2-5H,1H3,(H,25,26);1-2H,(H,14,15);2-3,13H,1H3. The molecule has 0 unspecified atom stereocenters. The lowest BCUT2D eigenvalue weighted by Gasteiger charge is -2.17. The van der Waals surface area contributed by atoms with Gasteiger partial charge in [0.25, 0.3) is 0 Å². The van der Waals surface area contributed by atoms with Crippen LogP contribution in [0.15, 0.2) is 53.0 Å². The van der Waals surface area contributed by atoms with Crippen LogP contribution in [0.2, 0.25) is 0 Å². The van der Waals surface area contributed by atoms with Crippen molar-refractivity contribution >= 4 is 27.9 Å². The number of carboxylic acids is 2. The molecular formula is C32H17BrF16O10. The van der Waals surface area contributed by atoms with Crippen molar-refractivity contribution in [2.75, 3.05) is 14.2 Å². The molecule has 0 aromatic heterocycles. The van der Waals surface area contributed by atoms with Crippen LogP contribution in [-0.2, 0) is 12.4 Å². The third kappa shape index (κ3) is 13.0. The van der Waals surface area contributed by atoms with Gasteiger partial charge in [-0.3, -0.25) is 0 Å². The van der Waals surface area contributed by atoms with E-state index < -0.39 is 123 Å². The van der Waals surface area contributed by atoms with Crippen LogP contribution in [0, 0.1) is 23.3 Å². The summed E-state index contributed by atoms with van der Waals surface area (Å²) in [5.74, 6) is -17.4. The minimum Gasteiger partial charge on any atom is -0.504 e. The lowest BCUT2D eigenvalue weighted by molar-refractivity contribution is -0.276. The van der Waals surface area contributed by atoms with Crippen LogP contribution >= 0.6 is 15.9 Å². The molecule has 3 N–H and O–H groups in total. The molecule has 0 atom stereocenters. The predicted molar refractivity (Wildman–Crippen MR) is 165 cm³/mol. The van der Waals surface area contributed by atoms with E-state index in [1.165, 1.54) is 0 Å². The summed E-state index contributed by atoms with van der Waals surface area (Å²) >= 11 is 2.66. The summed E-state index contributed by atoms with van der Waals surface area (Å²) in [6.07, 6.45) is -20.4. The molecule has 27 heteroatoms. The molecule has 0 saturated heterocycles. The molecule has 0 heterocycles. The third-order valence-corrected chi connectivity index (χ3v) is 7.04. The molecule has 324 valence electrons. The van der Waals surface area contributed by atoms with E-state index in [9.17, 15) is 79.8 Å². The van der Waals surface area contributed by atoms with Gasteiger partial charge in [0, 0.05) is 4.47 Å². The van der Waals surface area contributed by atoms with Crippen molar-refractivity contribution in [1.82, 2.24) is 0 Å². The van der Waals surface area contributed by atoms with E-state index >= 15 is 0 Å². The lowest BCUT2D eigenvalue weighted by Crippen LogP contribution is -2.18. The summed E-state index contributed by atoms with van der Waals surface area (Å²) < 4.78 is 222. The van der Waals surface area contributed by atoms with Gasteiger partial charge in [0.2, 0.25) is 17.4 Å². The number of carbonyl (C=O) groups is 2. The largest absolute Gasteiger partial charge is 0.573 e. The van der Waals surface area contributed by atoms with E-state index in [1.807, 2.05) is 0 Å². The molecule has 0 saturated carbocycles. The van der Waals surface area contributed by atoms with E-state index in [0.717, 1.165) is 26.4 Å². The number of methoxy groups -OCH3 is 2. The summed E-state index contributed by atoms with van der Waals surface area (Å²) in [5, 5.41) is 26.5. The first-order valence-corrected chi connectivity index (χ1v) is 15.2. The van der Waals surface area contributed by atoms with E-state index in [1.54, 1.807) is 0 Å². The van der Waals surface area contributed by atoms with E-state index in [-0.39, 0.29) is 10.5 Å². The smallest absolute Gasteiger partial charge is 0.504 e. The Morgan fingerprint density at radius 1 is 0.525 bits per heavy atom. The Morgan fingerprint density at radius 3 is 1.31 bits per heavy atom. The average molecular weight is 945 g/mol. The number of rotatable bonds is 8. The Bertz CT molecular complexity index is 2170. The molecule has 0 aliphatic carbocycles. The van der Waals surface area contributed by atoms with Crippen LogP contribution in [0.5, 0.6) is 40.2 Å². The molecule has 0 fully saturated rings. The maximum atomic E-state index is 14.2. The summed E-state index contributed by atoms with van der Waals surface area (Å²) in [7, 11) is 1.82. The van der Waals surface area contributed by atoms with Crippen LogP contribution in [0.4, 0.5) is 70.2 Å². The van der Waals surface area contributed by atoms with Crippen molar-refractivity contribution in [3.8, 4) is 40.2 Å². The fourth-order valence-corrected chi connectivity index (χ4v) is 4.54. The van der Waals surface area contributed by atoms with Gasteiger partial charge in [-0.05, 0) is 64.5 Å². The van der Waals surface area contributed by atoms with Gasteiger partial charge < -0.3 is 39.0 Å². The molecule has 0 aliphatic rings. The van der Waals surface area contributed by atoms with E-state index in [4.69, 9.17) is 20.1 Å². The Balaban J connectivity index is 0.000000336. The van der Waals surface area contributed by atoms with Gasteiger partial charge in [0.1, 0.15) is 16.9 Å². The summed E-state index contributed by atoms with van der Waals surface area (Å²) in [5.41, 5.74) is -6.04. The number of alkyl halides is 12. The second-order valence-electron chi connectivity index (χ2n) is 10.2. The highest BCUT2D eigenvalue weighted by Gasteiger charge is 2.39. The molecule has 0 radical (unpaired) electrons. The molecule has 0 amide bonds. The van der Waals surface area contributed by atoms with Crippen LogP contribution in [-0.4, -0.2) is 54.2 Å². The topological polar surface area (TPSA) is 141 Å². The van der Waals surface area contributed by atoms with Gasteiger partial charge in [-0.15, -0.1) is 26.3 Å². The Kier molecular flexibility index (Phi) is 15.6. The summed E-state index contributed by atoms with van der Waals surface area (Å²) in [6, 6.07) is 4.55. The fourth-order valence-electron chi connectivity index (χ4n) is 4.07. The van der Waals surface area contributed by atoms with Gasteiger partial charge in [-0.1, -0.05) is 0 Å². The Hall–Kier alpha value is -6.02. The maximum absolute atomic E-state index is 14.2. The lowest BCUT2D eigenvalue weighted by atomic mass is 10.1. The highest BCUT2D eigenvalue weighted by Crippen LogP contribution is 2.43. The number of hydrogen-bond acceptors (Lipinski definition) is 8. The van der Waals surface area contributed by atoms with Crippen molar-refractivity contribution < 1.29 is 119 Å². The van der Waals surface area contributed by atoms with Crippen LogP contribution < -0.4 is 23.7 Å². The monoisotopic (exact) mass is 944 g/mol.